The molecule has 1 N–H and O–H groups in total. The lowest BCUT2D eigenvalue weighted by atomic mass is 10.0. The van der Waals surface area contributed by atoms with Gasteiger partial charge < -0.3 is 14.6 Å². The van der Waals surface area contributed by atoms with Gasteiger partial charge in [0.15, 0.2) is 0 Å². The van der Waals surface area contributed by atoms with Crippen LogP contribution < -0.4 is 4.74 Å². The number of benzene rings is 1. The van der Waals surface area contributed by atoms with Gasteiger partial charge in [-0.1, -0.05) is 11.6 Å². The summed E-state index contributed by atoms with van der Waals surface area (Å²) in [6.45, 7) is 2.15. The molecule has 0 bridgehead atoms. The quantitative estimate of drug-likeness (QED) is 0.914. The van der Waals surface area contributed by atoms with E-state index in [2.05, 4.69) is 0 Å². The van der Waals surface area contributed by atoms with Gasteiger partial charge in [0.25, 0.3) is 0 Å². The summed E-state index contributed by atoms with van der Waals surface area (Å²) in [5.74, 6) is 0.0232. The highest BCUT2D eigenvalue weighted by atomic mass is 35.5. The molecule has 1 aromatic rings. The average Bonchev–Trinajstić information content (AvgIpc) is 2.38. The van der Waals surface area contributed by atoms with Gasteiger partial charge in [-0.3, -0.25) is 0 Å². The van der Waals surface area contributed by atoms with E-state index in [-0.39, 0.29) is 5.56 Å². The number of hydrogen-bond acceptors (Lipinski definition) is 3. The summed E-state index contributed by atoms with van der Waals surface area (Å²) in [7, 11) is 0. The van der Waals surface area contributed by atoms with Crippen molar-refractivity contribution in [3.05, 3.63) is 28.8 Å². The fraction of sp³-hybridized carbons (Fsp3) is 0.462. The van der Waals surface area contributed by atoms with Crippen molar-refractivity contribution in [2.45, 2.75) is 12.8 Å². The predicted octanol–water partition coefficient (Wildman–Crippen LogP) is 2.84. The summed E-state index contributed by atoms with van der Waals surface area (Å²) in [6.07, 6.45) is 1.98. The molecule has 98 valence electrons. The van der Waals surface area contributed by atoms with E-state index in [1.165, 1.54) is 12.1 Å². The van der Waals surface area contributed by atoms with E-state index < -0.39 is 5.97 Å². The Bertz CT molecular complexity index is 427. The third-order valence-corrected chi connectivity index (χ3v) is 3.29. The molecule has 1 aliphatic heterocycles. The highest BCUT2D eigenvalue weighted by Crippen LogP contribution is 2.27. The molecule has 2 rings (SSSR count). The van der Waals surface area contributed by atoms with Gasteiger partial charge in [-0.2, -0.15) is 0 Å². The number of rotatable bonds is 4. The minimum Gasteiger partial charge on any atom is -0.492 e. The predicted molar refractivity (Wildman–Crippen MR) is 67.4 cm³/mol. The summed E-state index contributed by atoms with van der Waals surface area (Å²) in [6, 6.07) is 4.50. The maximum Gasteiger partial charge on any atom is 0.335 e. The molecule has 5 heteroatoms. The zero-order valence-corrected chi connectivity index (χ0v) is 10.7. The molecule has 1 saturated heterocycles. The molecule has 0 amide bonds. The number of aromatic carboxylic acids is 1. The second-order valence-electron chi connectivity index (χ2n) is 4.32. The van der Waals surface area contributed by atoms with Crippen LogP contribution in [0.2, 0.25) is 5.02 Å². The summed E-state index contributed by atoms with van der Waals surface area (Å²) < 4.78 is 10.9. The van der Waals surface area contributed by atoms with Gasteiger partial charge in [-0.15, -0.1) is 0 Å². The molecule has 1 fully saturated rings. The molecular formula is C13H15ClO4. The molecule has 1 heterocycles. The van der Waals surface area contributed by atoms with E-state index in [0.717, 1.165) is 26.1 Å². The van der Waals surface area contributed by atoms with Crippen LogP contribution in [0.3, 0.4) is 0 Å². The molecule has 0 spiro atoms. The average molecular weight is 271 g/mol. The number of carboxylic acids is 1. The number of halogens is 1. The van der Waals surface area contributed by atoms with E-state index in [1.54, 1.807) is 6.07 Å². The second kappa shape index (κ2) is 6.07. The SMILES string of the molecule is O=C(O)c1ccc(OCC2CCOCC2)c(Cl)c1. The van der Waals surface area contributed by atoms with E-state index in [9.17, 15) is 4.79 Å². The zero-order valence-electron chi connectivity index (χ0n) is 9.89. The Morgan fingerprint density at radius 3 is 2.78 bits per heavy atom. The van der Waals surface area contributed by atoms with Crippen LogP contribution in [0.25, 0.3) is 0 Å². The second-order valence-corrected chi connectivity index (χ2v) is 4.72. The minimum absolute atomic E-state index is 0.165. The van der Waals surface area contributed by atoms with E-state index in [4.69, 9.17) is 26.2 Å². The molecule has 1 aliphatic rings. The van der Waals surface area contributed by atoms with Gasteiger partial charge in [0.2, 0.25) is 0 Å². The van der Waals surface area contributed by atoms with Crippen LogP contribution in [0.1, 0.15) is 23.2 Å². The topological polar surface area (TPSA) is 55.8 Å². The van der Waals surface area contributed by atoms with E-state index in [0.29, 0.717) is 23.3 Å². The Balaban J connectivity index is 1.94. The van der Waals surface area contributed by atoms with Crippen LogP contribution in [0.4, 0.5) is 0 Å². The van der Waals surface area contributed by atoms with Crippen molar-refractivity contribution in [3.8, 4) is 5.75 Å². The lowest BCUT2D eigenvalue weighted by Crippen LogP contribution is -2.21. The molecule has 0 saturated carbocycles. The largest absolute Gasteiger partial charge is 0.492 e. The third-order valence-electron chi connectivity index (χ3n) is 2.99. The standard InChI is InChI=1S/C13H15ClO4/c14-11-7-10(13(15)16)1-2-12(11)18-8-9-3-5-17-6-4-9/h1-2,7,9H,3-6,8H2,(H,15,16). The molecule has 0 aliphatic carbocycles. The molecule has 18 heavy (non-hydrogen) atoms. The molecule has 4 nitrogen and oxygen atoms in total. The molecule has 1 aromatic carbocycles. The number of hydrogen-bond donors (Lipinski definition) is 1. The van der Waals surface area contributed by atoms with Crippen molar-refractivity contribution >= 4 is 17.6 Å². The van der Waals surface area contributed by atoms with Crippen LogP contribution in [-0.2, 0) is 4.74 Å². The molecular weight excluding hydrogens is 256 g/mol. The van der Waals surface area contributed by atoms with Gasteiger partial charge in [0.1, 0.15) is 5.75 Å². The Hall–Kier alpha value is -1.26. The van der Waals surface area contributed by atoms with Crippen molar-refractivity contribution < 1.29 is 19.4 Å². The van der Waals surface area contributed by atoms with Gasteiger partial charge in [0, 0.05) is 13.2 Å². The van der Waals surface area contributed by atoms with Crippen LogP contribution >= 0.6 is 11.6 Å². The van der Waals surface area contributed by atoms with Crippen LogP contribution in [0.15, 0.2) is 18.2 Å². The number of carboxylic acid groups (broad SMARTS) is 1. The Labute approximate surface area is 110 Å². The first-order chi connectivity index (χ1) is 8.66. The van der Waals surface area contributed by atoms with E-state index >= 15 is 0 Å². The first-order valence-electron chi connectivity index (χ1n) is 5.90. The zero-order chi connectivity index (χ0) is 13.0. The summed E-state index contributed by atoms with van der Waals surface area (Å²) in [4.78, 5) is 10.8. The fourth-order valence-electron chi connectivity index (χ4n) is 1.87. The lowest BCUT2D eigenvalue weighted by Gasteiger charge is -2.22. The van der Waals surface area contributed by atoms with Crippen LogP contribution in [0, 0.1) is 5.92 Å². The summed E-state index contributed by atoms with van der Waals surface area (Å²) >= 11 is 5.98. The van der Waals surface area contributed by atoms with Crippen molar-refractivity contribution in [1.29, 1.82) is 0 Å². The van der Waals surface area contributed by atoms with E-state index in [1.807, 2.05) is 0 Å². The number of carbonyl (C=O) groups is 1. The van der Waals surface area contributed by atoms with Crippen molar-refractivity contribution in [2.75, 3.05) is 19.8 Å². The Morgan fingerprint density at radius 1 is 1.44 bits per heavy atom. The highest BCUT2D eigenvalue weighted by Gasteiger charge is 2.15. The minimum atomic E-state index is -0.993. The maximum atomic E-state index is 10.8. The van der Waals surface area contributed by atoms with Crippen molar-refractivity contribution in [2.24, 2.45) is 5.92 Å². The normalized spacial score (nSPS) is 16.5. The first kappa shape index (κ1) is 13.2. The van der Waals surface area contributed by atoms with Gasteiger partial charge in [-0.05, 0) is 37.0 Å². The summed E-state index contributed by atoms with van der Waals surface area (Å²) in [5.41, 5.74) is 0.165. The van der Waals surface area contributed by atoms with Crippen LogP contribution in [-0.4, -0.2) is 30.9 Å². The van der Waals surface area contributed by atoms with Gasteiger partial charge >= 0.3 is 5.97 Å². The molecule has 0 unspecified atom stereocenters. The fourth-order valence-corrected chi connectivity index (χ4v) is 2.11. The van der Waals surface area contributed by atoms with Gasteiger partial charge in [0.05, 0.1) is 17.2 Å². The smallest absolute Gasteiger partial charge is 0.335 e. The molecule has 0 atom stereocenters. The first-order valence-corrected chi connectivity index (χ1v) is 6.28. The molecule has 0 aromatic heterocycles. The maximum absolute atomic E-state index is 10.8. The number of ether oxygens (including phenoxy) is 2. The van der Waals surface area contributed by atoms with Crippen molar-refractivity contribution in [1.82, 2.24) is 0 Å². The third kappa shape index (κ3) is 3.37. The van der Waals surface area contributed by atoms with Crippen molar-refractivity contribution in [3.63, 3.8) is 0 Å². The van der Waals surface area contributed by atoms with Crippen LogP contribution in [0.5, 0.6) is 5.75 Å². The Kier molecular flexibility index (Phi) is 4.44. The highest BCUT2D eigenvalue weighted by molar-refractivity contribution is 6.32. The monoisotopic (exact) mass is 270 g/mol. The summed E-state index contributed by atoms with van der Waals surface area (Å²) in [5, 5.41) is 9.16. The Morgan fingerprint density at radius 2 is 2.17 bits per heavy atom. The molecule has 0 radical (unpaired) electrons. The van der Waals surface area contributed by atoms with Gasteiger partial charge in [-0.25, -0.2) is 4.79 Å². The lowest BCUT2D eigenvalue weighted by molar-refractivity contribution is 0.0497.